The van der Waals surface area contributed by atoms with Gasteiger partial charge in [-0.2, -0.15) is 0 Å². The van der Waals surface area contributed by atoms with Crippen LogP contribution in [0.4, 0.5) is 15.8 Å². The zero-order chi connectivity index (χ0) is 14.5. The van der Waals surface area contributed by atoms with Crippen molar-refractivity contribution < 1.29 is 9.18 Å². The average Bonchev–Trinajstić information content (AvgIpc) is 2.38. The van der Waals surface area contributed by atoms with Crippen molar-refractivity contribution in [3.8, 4) is 0 Å². The first kappa shape index (κ1) is 14.3. The predicted octanol–water partition coefficient (Wildman–Crippen LogP) is 4.05. The molecule has 0 radical (unpaired) electrons. The lowest BCUT2D eigenvalue weighted by Crippen LogP contribution is -2.07. The molecular formula is C15H14ClFN2O. The van der Waals surface area contributed by atoms with Crippen molar-refractivity contribution in [1.82, 2.24) is 0 Å². The Kier molecular flexibility index (Phi) is 4.58. The molecule has 104 valence electrons. The number of hydrogen-bond acceptors (Lipinski definition) is 2. The third kappa shape index (κ3) is 3.71. The van der Waals surface area contributed by atoms with Gasteiger partial charge in [-0.05, 0) is 30.3 Å². The zero-order valence-corrected chi connectivity index (χ0v) is 11.7. The van der Waals surface area contributed by atoms with Crippen LogP contribution in [0, 0.1) is 5.82 Å². The molecule has 1 amide bonds. The van der Waals surface area contributed by atoms with Gasteiger partial charge in [-0.15, -0.1) is 0 Å². The van der Waals surface area contributed by atoms with E-state index in [0.717, 1.165) is 5.69 Å². The van der Waals surface area contributed by atoms with Gasteiger partial charge >= 0.3 is 0 Å². The van der Waals surface area contributed by atoms with E-state index < -0.39 is 0 Å². The Bertz CT molecular complexity index is 611. The molecule has 0 bridgehead atoms. The number of halogens is 2. The van der Waals surface area contributed by atoms with Gasteiger partial charge in [-0.3, -0.25) is 4.79 Å². The van der Waals surface area contributed by atoms with Crippen LogP contribution < -0.4 is 10.6 Å². The first-order valence-corrected chi connectivity index (χ1v) is 6.48. The fraction of sp³-hybridized carbons (Fsp3) is 0.133. The van der Waals surface area contributed by atoms with E-state index in [1.807, 2.05) is 6.07 Å². The maximum atomic E-state index is 13.6. The second-order valence-electron chi connectivity index (χ2n) is 4.32. The van der Waals surface area contributed by atoms with E-state index in [2.05, 4.69) is 10.6 Å². The molecule has 20 heavy (non-hydrogen) atoms. The highest BCUT2D eigenvalue weighted by molar-refractivity contribution is 6.31. The summed E-state index contributed by atoms with van der Waals surface area (Å²) in [6.45, 7) is 1.72. The maximum Gasteiger partial charge on any atom is 0.221 e. The highest BCUT2D eigenvalue weighted by Crippen LogP contribution is 2.21. The van der Waals surface area contributed by atoms with E-state index in [0.29, 0.717) is 16.3 Å². The molecule has 0 spiro atoms. The van der Waals surface area contributed by atoms with Gasteiger partial charge < -0.3 is 10.6 Å². The van der Waals surface area contributed by atoms with Crippen LogP contribution in [0.5, 0.6) is 0 Å². The lowest BCUT2D eigenvalue weighted by atomic mass is 10.2. The topological polar surface area (TPSA) is 41.1 Å². The van der Waals surface area contributed by atoms with E-state index in [1.54, 1.807) is 30.3 Å². The molecule has 0 fully saturated rings. The molecule has 0 aromatic heterocycles. The fourth-order valence-corrected chi connectivity index (χ4v) is 2.03. The number of anilines is 2. The van der Waals surface area contributed by atoms with Gasteiger partial charge in [0.25, 0.3) is 0 Å². The third-order valence-corrected chi connectivity index (χ3v) is 3.07. The van der Waals surface area contributed by atoms with Crippen LogP contribution in [-0.4, -0.2) is 5.91 Å². The minimum Gasteiger partial charge on any atom is -0.381 e. The Balaban J connectivity index is 2.09. The Hall–Kier alpha value is -2.07. The number of benzene rings is 2. The highest BCUT2D eigenvalue weighted by Gasteiger charge is 2.06. The van der Waals surface area contributed by atoms with Gasteiger partial charge in [0.15, 0.2) is 0 Å². The van der Waals surface area contributed by atoms with Crippen molar-refractivity contribution in [3.05, 3.63) is 58.9 Å². The van der Waals surface area contributed by atoms with Gasteiger partial charge in [0.1, 0.15) is 5.82 Å². The number of carbonyl (C=O) groups excluding carboxylic acids is 1. The smallest absolute Gasteiger partial charge is 0.221 e. The van der Waals surface area contributed by atoms with E-state index in [9.17, 15) is 9.18 Å². The standard InChI is InChI=1S/C15H14ClFN2O/c1-10(20)19-12-5-2-4-11(8-12)18-9-13-14(16)6-3-7-15(13)17/h2-8,18H,9H2,1H3,(H,19,20). The molecule has 2 rings (SSSR count). The van der Waals surface area contributed by atoms with Gasteiger partial charge in [0, 0.05) is 35.4 Å². The third-order valence-electron chi connectivity index (χ3n) is 2.71. The monoisotopic (exact) mass is 292 g/mol. The summed E-state index contributed by atoms with van der Waals surface area (Å²) < 4.78 is 13.6. The van der Waals surface area contributed by atoms with Crippen molar-refractivity contribution >= 4 is 28.9 Å². The van der Waals surface area contributed by atoms with E-state index in [-0.39, 0.29) is 18.3 Å². The second kappa shape index (κ2) is 6.39. The highest BCUT2D eigenvalue weighted by atomic mass is 35.5. The molecule has 0 aliphatic heterocycles. The van der Waals surface area contributed by atoms with Crippen molar-refractivity contribution in [1.29, 1.82) is 0 Å². The molecular weight excluding hydrogens is 279 g/mol. The van der Waals surface area contributed by atoms with Crippen molar-refractivity contribution in [2.75, 3.05) is 10.6 Å². The number of amides is 1. The van der Waals surface area contributed by atoms with Crippen LogP contribution in [0.25, 0.3) is 0 Å². The minimum atomic E-state index is -0.344. The summed E-state index contributed by atoms with van der Waals surface area (Å²) in [5, 5.41) is 6.15. The van der Waals surface area contributed by atoms with Gasteiger partial charge in [0.05, 0.1) is 0 Å². The van der Waals surface area contributed by atoms with E-state index in [1.165, 1.54) is 13.0 Å². The Morgan fingerprint density at radius 3 is 2.60 bits per heavy atom. The Morgan fingerprint density at radius 1 is 1.20 bits per heavy atom. The molecule has 0 heterocycles. The molecule has 0 atom stereocenters. The van der Waals surface area contributed by atoms with Gasteiger partial charge in [0.2, 0.25) is 5.91 Å². The number of hydrogen-bond donors (Lipinski definition) is 2. The molecule has 2 aromatic rings. The summed E-state index contributed by atoms with van der Waals surface area (Å²) in [6, 6.07) is 11.8. The lowest BCUT2D eigenvalue weighted by Gasteiger charge is -2.10. The van der Waals surface area contributed by atoms with Crippen LogP contribution in [0.15, 0.2) is 42.5 Å². The van der Waals surface area contributed by atoms with E-state index in [4.69, 9.17) is 11.6 Å². The molecule has 5 heteroatoms. The molecule has 0 aliphatic carbocycles. The van der Waals surface area contributed by atoms with Crippen molar-refractivity contribution in [2.45, 2.75) is 13.5 Å². The van der Waals surface area contributed by atoms with E-state index >= 15 is 0 Å². The van der Waals surface area contributed by atoms with Crippen LogP contribution in [-0.2, 0) is 11.3 Å². The van der Waals surface area contributed by atoms with Crippen molar-refractivity contribution in [2.24, 2.45) is 0 Å². The van der Waals surface area contributed by atoms with Gasteiger partial charge in [-0.25, -0.2) is 4.39 Å². The first-order valence-electron chi connectivity index (χ1n) is 6.10. The van der Waals surface area contributed by atoms with Crippen LogP contribution in [0.1, 0.15) is 12.5 Å². The first-order chi connectivity index (χ1) is 9.56. The largest absolute Gasteiger partial charge is 0.381 e. The predicted molar refractivity (Wildman–Crippen MR) is 79.5 cm³/mol. The number of nitrogens with one attached hydrogen (secondary N) is 2. The van der Waals surface area contributed by atoms with Crippen molar-refractivity contribution in [3.63, 3.8) is 0 Å². The molecule has 2 aromatic carbocycles. The molecule has 0 aliphatic rings. The minimum absolute atomic E-state index is 0.140. The van der Waals surface area contributed by atoms with Gasteiger partial charge in [-0.1, -0.05) is 23.7 Å². The summed E-state index contributed by atoms with van der Waals surface area (Å²) in [4.78, 5) is 11.0. The number of carbonyl (C=O) groups is 1. The van der Waals surface area contributed by atoms with Crippen LogP contribution in [0.3, 0.4) is 0 Å². The lowest BCUT2D eigenvalue weighted by molar-refractivity contribution is -0.114. The molecule has 0 saturated heterocycles. The quantitative estimate of drug-likeness (QED) is 0.892. The summed E-state index contributed by atoms with van der Waals surface area (Å²) in [6.07, 6.45) is 0. The zero-order valence-electron chi connectivity index (χ0n) is 10.9. The van der Waals surface area contributed by atoms with Crippen LogP contribution in [0.2, 0.25) is 5.02 Å². The summed E-state index contributed by atoms with van der Waals surface area (Å²) in [5.41, 5.74) is 1.87. The summed E-state index contributed by atoms with van der Waals surface area (Å²) in [7, 11) is 0. The Morgan fingerprint density at radius 2 is 1.90 bits per heavy atom. The average molecular weight is 293 g/mol. The summed E-state index contributed by atoms with van der Waals surface area (Å²) >= 11 is 5.96. The summed E-state index contributed by atoms with van der Waals surface area (Å²) in [5.74, 6) is -0.484. The molecule has 2 N–H and O–H groups in total. The SMILES string of the molecule is CC(=O)Nc1cccc(NCc2c(F)cccc2Cl)c1. The molecule has 0 unspecified atom stereocenters. The van der Waals surface area contributed by atoms with Crippen LogP contribution >= 0.6 is 11.6 Å². The number of rotatable bonds is 4. The fourth-order valence-electron chi connectivity index (χ4n) is 1.80. The normalized spacial score (nSPS) is 10.2. The maximum absolute atomic E-state index is 13.6. The molecule has 0 saturated carbocycles. The molecule has 3 nitrogen and oxygen atoms in total. The Labute approximate surface area is 121 Å². The second-order valence-corrected chi connectivity index (χ2v) is 4.72.